The molecule has 0 aliphatic carbocycles. The van der Waals surface area contributed by atoms with E-state index in [-0.39, 0.29) is 10.7 Å². The molecule has 0 spiro atoms. The van der Waals surface area contributed by atoms with Gasteiger partial charge >= 0.3 is 5.69 Å². The number of nitro groups is 1. The zero-order valence-corrected chi connectivity index (χ0v) is 12.5. The van der Waals surface area contributed by atoms with E-state index in [1.165, 1.54) is 0 Å². The van der Waals surface area contributed by atoms with Gasteiger partial charge in [0.15, 0.2) is 0 Å². The number of halogens is 1. The molecule has 0 heterocycles. The second-order valence-electron chi connectivity index (χ2n) is 4.59. The maximum absolute atomic E-state index is 11.2. The van der Waals surface area contributed by atoms with Crippen LogP contribution in [-0.4, -0.2) is 18.0 Å². The minimum atomic E-state index is -0.396. The quantitative estimate of drug-likeness (QED) is 0.546. The lowest BCUT2D eigenvalue weighted by atomic mass is 10.0. The SMILES string of the molecule is CCC(CC)CN(CC)c1cccc(Cl)c1[N+](=O)[O-]. The number of rotatable bonds is 7. The summed E-state index contributed by atoms with van der Waals surface area (Å²) >= 11 is 5.96. The molecule has 0 radical (unpaired) electrons. The predicted octanol–water partition coefficient (Wildman–Crippen LogP) is 4.51. The van der Waals surface area contributed by atoms with E-state index < -0.39 is 4.92 Å². The third-order valence-corrected chi connectivity index (χ3v) is 3.81. The van der Waals surface area contributed by atoms with Crippen molar-refractivity contribution in [3.05, 3.63) is 33.3 Å². The molecule has 0 amide bonds. The molecule has 4 nitrogen and oxygen atoms in total. The lowest BCUT2D eigenvalue weighted by Crippen LogP contribution is -2.29. The number of hydrogen-bond acceptors (Lipinski definition) is 3. The number of hydrogen-bond donors (Lipinski definition) is 0. The summed E-state index contributed by atoms with van der Waals surface area (Å²) in [5.41, 5.74) is 0.629. The summed E-state index contributed by atoms with van der Waals surface area (Å²) in [6.07, 6.45) is 2.14. The van der Waals surface area contributed by atoms with Gasteiger partial charge in [0, 0.05) is 13.1 Å². The first-order valence-corrected chi connectivity index (χ1v) is 7.10. The third-order valence-electron chi connectivity index (χ3n) is 3.50. The Balaban J connectivity index is 3.11. The van der Waals surface area contributed by atoms with Gasteiger partial charge in [-0.15, -0.1) is 0 Å². The molecule has 1 aromatic carbocycles. The van der Waals surface area contributed by atoms with Crippen molar-refractivity contribution >= 4 is 23.0 Å². The van der Waals surface area contributed by atoms with Crippen LogP contribution in [0.15, 0.2) is 18.2 Å². The fourth-order valence-electron chi connectivity index (χ4n) is 2.20. The van der Waals surface area contributed by atoms with Crippen molar-refractivity contribution in [1.82, 2.24) is 0 Å². The predicted molar refractivity (Wildman–Crippen MR) is 80.1 cm³/mol. The van der Waals surface area contributed by atoms with Crippen LogP contribution in [0.1, 0.15) is 33.6 Å². The number of nitro benzene ring substituents is 1. The van der Waals surface area contributed by atoms with Crippen LogP contribution in [0, 0.1) is 16.0 Å². The summed E-state index contributed by atoms with van der Waals surface area (Å²) in [5.74, 6) is 0.540. The molecule has 0 unspecified atom stereocenters. The molecule has 0 saturated carbocycles. The van der Waals surface area contributed by atoms with Gasteiger partial charge in [-0.3, -0.25) is 10.1 Å². The third kappa shape index (κ3) is 3.83. The molecule has 0 aromatic heterocycles. The zero-order chi connectivity index (χ0) is 14.4. The van der Waals surface area contributed by atoms with Crippen LogP contribution < -0.4 is 4.90 Å². The van der Waals surface area contributed by atoms with Crippen molar-refractivity contribution < 1.29 is 4.92 Å². The molecule has 1 aromatic rings. The number of anilines is 1. The molecule has 0 fully saturated rings. The van der Waals surface area contributed by atoms with Crippen molar-refractivity contribution in [3.8, 4) is 0 Å². The first kappa shape index (κ1) is 15.8. The summed E-state index contributed by atoms with van der Waals surface area (Å²) in [5, 5.41) is 11.4. The van der Waals surface area contributed by atoms with Crippen LogP contribution in [0.2, 0.25) is 5.02 Å². The van der Waals surface area contributed by atoms with Gasteiger partial charge in [0.2, 0.25) is 0 Å². The topological polar surface area (TPSA) is 46.4 Å². The molecule has 19 heavy (non-hydrogen) atoms. The van der Waals surface area contributed by atoms with Crippen LogP contribution in [0.3, 0.4) is 0 Å². The molecule has 0 bridgehead atoms. The lowest BCUT2D eigenvalue weighted by molar-refractivity contribution is -0.384. The van der Waals surface area contributed by atoms with Gasteiger partial charge in [0.1, 0.15) is 10.7 Å². The van der Waals surface area contributed by atoms with Gasteiger partial charge in [0.25, 0.3) is 0 Å². The average molecular weight is 285 g/mol. The standard InChI is InChI=1S/C14H21ClN2O2/c1-4-11(5-2)10-16(6-3)13-9-7-8-12(15)14(13)17(18)19/h7-9,11H,4-6,10H2,1-3H3. The molecule has 106 valence electrons. The highest BCUT2D eigenvalue weighted by Crippen LogP contribution is 2.35. The lowest BCUT2D eigenvalue weighted by Gasteiger charge is -2.27. The molecular weight excluding hydrogens is 264 g/mol. The molecule has 0 N–H and O–H groups in total. The normalized spacial score (nSPS) is 10.8. The maximum atomic E-state index is 11.2. The van der Waals surface area contributed by atoms with Crippen LogP contribution in [0.25, 0.3) is 0 Å². The second-order valence-corrected chi connectivity index (χ2v) is 4.99. The zero-order valence-electron chi connectivity index (χ0n) is 11.7. The second kappa shape index (κ2) is 7.34. The largest absolute Gasteiger partial charge is 0.366 e. The van der Waals surface area contributed by atoms with Crippen LogP contribution >= 0.6 is 11.6 Å². The van der Waals surface area contributed by atoms with E-state index in [1.54, 1.807) is 18.2 Å². The number of nitrogens with zero attached hydrogens (tertiary/aromatic N) is 2. The van der Waals surface area contributed by atoms with Crippen molar-refractivity contribution in [3.63, 3.8) is 0 Å². The Morgan fingerprint density at radius 3 is 2.42 bits per heavy atom. The first-order chi connectivity index (χ1) is 9.04. The molecular formula is C14H21ClN2O2. The van der Waals surface area contributed by atoms with Crippen molar-refractivity contribution in [2.24, 2.45) is 5.92 Å². The Hall–Kier alpha value is -1.29. The Morgan fingerprint density at radius 2 is 1.95 bits per heavy atom. The Bertz CT molecular complexity index is 433. The fraction of sp³-hybridized carbons (Fsp3) is 0.571. The minimum Gasteiger partial charge on any atom is -0.366 e. The maximum Gasteiger partial charge on any atom is 0.310 e. The summed E-state index contributed by atoms with van der Waals surface area (Å²) in [7, 11) is 0. The average Bonchev–Trinajstić information content (AvgIpc) is 2.39. The monoisotopic (exact) mass is 284 g/mol. The molecule has 0 aliphatic rings. The van der Waals surface area contributed by atoms with E-state index in [2.05, 4.69) is 13.8 Å². The van der Waals surface area contributed by atoms with Crippen LogP contribution in [0.5, 0.6) is 0 Å². The summed E-state index contributed by atoms with van der Waals surface area (Å²) in [6.45, 7) is 7.86. The summed E-state index contributed by atoms with van der Waals surface area (Å²) in [6, 6.07) is 5.10. The summed E-state index contributed by atoms with van der Waals surface area (Å²) < 4.78 is 0. The molecule has 0 saturated heterocycles. The molecule has 1 rings (SSSR count). The van der Waals surface area contributed by atoms with Gasteiger partial charge in [0.05, 0.1) is 4.92 Å². The Morgan fingerprint density at radius 1 is 1.32 bits per heavy atom. The van der Waals surface area contributed by atoms with E-state index in [0.29, 0.717) is 11.6 Å². The van der Waals surface area contributed by atoms with Gasteiger partial charge in [-0.2, -0.15) is 0 Å². The van der Waals surface area contributed by atoms with E-state index in [1.807, 2.05) is 11.8 Å². The highest BCUT2D eigenvalue weighted by molar-refractivity contribution is 6.33. The van der Waals surface area contributed by atoms with E-state index in [4.69, 9.17) is 11.6 Å². The van der Waals surface area contributed by atoms with Crippen molar-refractivity contribution in [2.45, 2.75) is 33.6 Å². The summed E-state index contributed by atoms with van der Waals surface area (Å²) in [4.78, 5) is 12.8. The van der Waals surface area contributed by atoms with E-state index >= 15 is 0 Å². The van der Waals surface area contributed by atoms with Gasteiger partial charge in [-0.05, 0) is 25.0 Å². The minimum absolute atomic E-state index is 0.0111. The molecule has 5 heteroatoms. The molecule has 0 aliphatic heterocycles. The van der Waals surface area contributed by atoms with Crippen LogP contribution in [-0.2, 0) is 0 Å². The first-order valence-electron chi connectivity index (χ1n) is 6.72. The Kier molecular flexibility index (Phi) is 6.09. The van der Waals surface area contributed by atoms with Gasteiger partial charge in [-0.1, -0.05) is 44.4 Å². The van der Waals surface area contributed by atoms with E-state index in [9.17, 15) is 10.1 Å². The van der Waals surface area contributed by atoms with E-state index in [0.717, 1.165) is 25.9 Å². The highest BCUT2D eigenvalue weighted by Gasteiger charge is 2.23. The van der Waals surface area contributed by atoms with Gasteiger partial charge < -0.3 is 4.90 Å². The van der Waals surface area contributed by atoms with Crippen molar-refractivity contribution in [2.75, 3.05) is 18.0 Å². The fourth-order valence-corrected chi connectivity index (χ4v) is 2.43. The number of para-hydroxylation sites is 1. The highest BCUT2D eigenvalue weighted by atomic mass is 35.5. The number of benzene rings is 1. The van der Waals surface area contributed by atoms with Crippen molar-refractivity contribution in [1.29, 1.82) is 0 Å². The Labute approximate surface area is 119 Å². The molecule has 0 atom stereocenters. The van der Waals surface area contributed by atoms with Gasteiger partial charge in [-0.25, -0.2) is 0 Å². The van der Waals surface area contributed by atoms with Crippen LogP contribution in [0.4, 0.5) is 11.4 Å². The smallest absolute Gasteiger partial charge is 0.310 e.